The average molecular weight is 198 g/mol. The highest BCUT2D eigenvalue weighted by Gasteiger charge is 2.41. The maximum absolute atomic E-state index is 5.74. The van der Waals surface area contributed by atoms with Crippen LogP contribution in [0.2, 0.25) is 0 Å². The molecule has 0 aromatic rings. The number of nitrogens with two attached hydrogens (primary N) is 1. The molecule has 1 aliphatic rings. The van der Waals surface area contributed by atoms with Crippen molar-refractivity contribution >= 4 is 0 Å². The first-order valence-electron chi connectivity index (χ1n) is 6.16. The van der Waals surface area contributed by atoms with E-state index in [9.17, 15) is 0 Å². The first-order chi connectivity index (χ1) is 6.70. The van der Waals surface area contributed by atoms with Gasteiger partial charge in [0.15, 0.2) is 0 Å². The van der Waals surface area contributed by atoms with Gasteiger partial charge in [-0.25, -0.2) is 0 Å². The molecule has 0 amide bonds. The van der Waals surface area contributed by atoms with Gasteiger partial charge in [0.25, 0.3) is 0 Å². The lowest BCUT2D eigenvalue weighted by molar-refractivity contribution is 0.137. The molecule has 0 aromatic carbocycles. The molecule has 0 aliphatic heterocycles. The van der Waals surface area contributed by atoms with Crippen molar-refractivity contribution in [3.05, 3.63) is 0 Å². The van der Waals surface area contributed by atoms with Crippen LogP contribution in [-0.4, -0.2) is 6.04 Å². The Balaban J connectivity index is 2.73. The standard InChI is InChI=1S/C12H26N2/c1-4-10(3)11(14-13)12(5-2)8-6-7-9-12/h10-11,14H,4-9,13H2,1-3H3. The van der Waals surface area contributed by atoms with Gasteiger partial charge in [-0.2, -0.15) is 0 Å². The summed E-state index contributed by atoms with van der Waals surface area (Å²) in [5.41, 5.74) is 3.58. The second kappa shape index (κ2) is 5.13. The van der Waals surface area contributed by atoms with E-state index < -0.39 is 0 Å². The van der Waals surface area contributed by atoms with Crippen LogP contribution >= 0.6 is 0 Å². The minimum absolute atomic E-state index is 0.490. The van der Waals surface area contributed by atoms with Crippen molar-refractivity contribution in [1.82, 2.24) is 5.43 Å². The molecule has 0 radical (unpaired) electrons. The van der Waals surface area contributed by atoms with Crippen molar-refractivity contribution in [2.75, 3.05) is 0 Å². The molecule has 1 rings (SSSR count). The molecule has 14 heavy (non-hydrogen) atoms. The van der Waals surface area contributed by atoms with Gasteiger partial charge in [0.1, 0.15) is 0 Å². The van der Waals surface area contributed by atoms with Crippen LogP contribution in [0.15, 0.2) is 0 Å². The Morgan fingerprint density at radius 2 is 1.86 bits per heavy atom. The SMILES string of the molecule is CCC(C)C(NN)C1(CC)CCCC1. The highest BCUT2D eigenvalue weighted by atomic mass is 15.2. The van der Waals surface area contributed by atoms with Gasteiger partial charge in [-0.3, -0.25) is 11.3 Å². The summed E-state index contributed by atoms with van der Waals surface area (Å²) in [5, 5.41) is 0. The largest absolute Gasteiger partial charge is 0.271 e. The van der Waals surface area contributed by atoms with E-state index in [-0.39, 0.29) is 0 Å². The molecule has 0 spiro atoms. The van der Waals surface area contributed by atoms with Gasteiger partial charge < -0.3 is 0 Å². The molecule has 2 heteroatoms. The highest BCUT2D eigenvalue weighted by molar-refractivity contribution is 4.94. The highest BCUT2D eigenvalue weighted by Crippen LogP contribution is 2.46. The summed E-state index contributed by atoms with van der Waals surface area (Å²) < 4.78 is 0. The van der Waals surface area contributed by atoms with Crippen molar-refractivity contribution in [2.45, 2.75) is 65.3 Å². The quantitative estimate of drug-likeness (QED) is 0.526. The average Bonchev–Trinajstić information content (AvgIpc) is 2.68. The third-order valence-electron chi connectivity index (χ3n) is 4.36. The van der Waals surface area contributed by atoms with Gasteiger partial charge in [-0.1, -0.05) is 40.0 Å². The Hall–Kier alpha value is -0.0800. The minimum Gasteiger partial charge on any atom is -0.271 e. The van der Waals surface area contributed by atoms with Gasteiger partial charge in [-0.15, -0.1) is 0 Å². The first kappa shape index (κ1) is 12.0. The van der Waals surface area contributed by atoms with E-state index in [1.807, 2.05) is 0 Å². The zero-order valence-electron chi connectivity index (χ0n) is 9.97. The predicted octanol–water partition coefficient (Wildman–Crippen LogP) is 2.83. The van der Waals surface area contributed by atoms with Crippen LogP contribution in [0.1, 0.15) is 59.3 Å². The van der Waals surface area contributed by atoms with Crippen LogP contribution in [0, 0.1) is 11.3 Å². The number of hydrogen-bond acceptors (Lipinski definition) is 2. The van der Waals surface area contributed by atoms with Gasteiger partial charge in [0.2, 0.25) is 0 Å². The van der Waals surface area contributed by atoms with E-state index >= 15 is 0 Å². The van der Waals surface area contributed by atoms with Gasteiger partial charge in [0.05, 0.1) is 0 Å². The minimum atomic E-state index is 0.490. The van der Waals surface area contributed by atoms with E-state index in [1.165, 1.54) is 38.5 Å². The molecule has 0 bridgehead atoms. The van der Waals surface area contributed by atoms with Gasteiger partial charge >= 0.3 is 0 Å². The van der Waals surface area contributed by atoms with Crippen LogP contribution < -0.4 is 11.3 Å². The third-order valence-corrected chi connectivity index (χ3v) is 4.36. The van der Waals surface area contributed by atoms with Crippen LogP contribution in [0.4, 0.5) is 0 Å². The molecule has 0 saturated heterocycles. The summed E-state index contributed by atoms with van der Waals surface area (Å²) in [4.78, 5) is 0. The van der Waals surface area contributed by atoms with Gasteiger partial charge in [0, 0.05) is 6.04 Å². The fourth-order valence-electron chi connectivity index (χ4n) is 3.14. The maximum Gasteiger partial charge on any atom is 0.0292 e. The van der Waals surface area contributed by atoms with Gasteiger partial charge in [-0.05, 0) is 30.6 Å². The summed E-state index contributed by atoms with van der Waals surface area (Å²) in [5.74, 6) is 6.43. The smallest absolute Gasteiger partial charge is 0.0292 e. The van der Waals surface area contributed by atoms with E-state index in [1.54, 1.807) is 0 Å². The van der Waals surface area contributed by atoms with Crippen molar-refractivity contribution in [3.8, 4) is 0 Å². The molecule has 0 heterocycles. The Labute approximate surface area is 88.6 Å². The second-order valence-electron chi connectivity index (χ2n) is 4.95. The fraction of sp³-hybridized carbons (Fsp3) is 1.00. The lowest BCUT2D eigenvalue weighted by Crippen LogP contribution is -2.50. The number of nitrogens with one attached hydrogen (secondary N) is 1. The Kier molecular flexibility index (Phi) is 4.39. The monoisotopic (exact) mass is 198 g/mol. The van der Waals surface area contributed by atoms with E-state index in [2.05, 4.69) is 26.2 Å². The lowest BCUT2D eigenvalue weighted by Gasteiger charge is -2.40. The molecule has 2 atom stereocenters. The van der Waals surface area contributed by atoms with Crippen LogP contribution in [-0.2, 0) is 0 Å². The molecular weight excluding hydrogens is 172 g/mol. The summed E-state index contributed by atoms with van der Waals surface area (Å²) in [6.45, 7) is 6.89. The van der Waals surface area contributed by atoms with Crippen molar-refractivity contribution < 1.29 is 0 Å². The summed E-state index contributed by atoms with van der Waals surface area (Å²) in [6, 6.07) is 0.514. The first-order valence-corrected chi connectivity index (χ1v) is 6.16. The third kappa shape index (κ3) is 2.12. The molecule has 3 N–H and O–H groups in total. The molecule has 1 aliphatic carbocycles. The lowest BCUT2D eigenvalue weighted by atomic mass is 9.71. The fourth-order valence-corrected chi connectivity index (χ4v) is 3.14. The summed E-state index contributed by atoms with van der Waals surface area (Å²) in [6.07, 6.45) is 8.00. The normalized spacial score (nSPS) is 24.9. The second-order valence-corrected chi connectivity index (χ2v) is 4.95. The van der Waals surface area contributed by atoms with Crippen molar-refractivity contribution in [3.63, 3.8) is 0 Å². The van der Waals surface area contributed by atoms with E-state index in [4.69, 9.17) is 5.84 Å². The molecular formula is C12H26N2. The number of hydrazine groups is 1. The van der Waals surface area contributed by atoms with Crippen LogP contribution in [0.25, 0.3) is 0 Å². The molecule has 1 saturated carbocycles. The maximum atomic E-state index is 5.74. The topological polar surface area (TPSA) is 38.0 Å². The molecule has 1 fully saturated rings. The Morgan fingerprint density at radius 3 is 2.21 bits per heavy atom. The molecule has 2 unspecified atom stereocenters. The van der Waals surface area contributed by atoms with E-state index in [0.29, 0.717) is 17.4 Å². The Bertz CT molecular complexity index is 162. The Morgan fingerprint density at radius 1 is 1.29 bits per heavy atom. The molecule has 2 nitrogen and oxygen atoms in total. The molecule has 0 aromatic heterocycles. The van der Waals surface area contributed by atoms with Crippen LogP contribution in [0.5, 0.6) is 0 Å². The summed E-state index contributed by atoms with van der Waals surface area (Å²) in [7, 11) is 0. The van der Waals surface area contributed by atoms with E-state index in [0.717, 1.165) is 0 Å². The van der Waals surface area contributed by atoms with Crippen LogP contribution in [0.3, 0.4) is 0 Å². The van der Waals surface area contributed by atoms with Crippen molar-refractivity contribution in [1.29, 1.82) is 0 Å². The van der Waals surface area contributed by atoms with Crippen molar-refractivity contribution in [2.24, 2.45) is 17.2 Å². The zero-order valence-corrected chi connectivity index (χ0v) is 9.97. The number of rotatable bonds is 5. The number of hydrogen-bond donors (Lipinski definition) is 2. The predicted molar refractivity (Wildman–Crippen MR) is 61.8 cm³/mol. The zero-order chi connectivity index (χ0) is 10.6. The molecule has 84 valence electrons. The summed E-state index contributed by atoms with van der Waals surface area (Å²) >= 11 is 0.